The first-order valence-corrected chi connectivity index (χ1v) is 7.18. The summed E-state index contributed by atoms with van der Waals surface area (Å²) in [5, 5.41) is 14.6. The summed E-state index contributed by atoms with van der Waals surface area (Å²) in [6.07, 6.45) is 0. The molecule has 0 unspecified atom stereocenters. The number of hydrogen-bond donors (Lipinski definition) is 1. The third-order valence-electron chi connectivity index (χ3n) is 2.85. The zero-order valence-corrected chi connectivity index (χ0v) is 13.2. The highest BCUT2D eigenvalue weighted by Gasteiger charge is 2.20. The predicted octanol–water partition coefficient (Wildman–Crippen LogP) is 4.49. The number of benzene rings is 2. The number of rotatable bonds is 4. The number of carbonyl (C=O) groups is 1. The smallest absolute Gasteiger partial charge is 0.282 e. The predicted molar refractivity (Wildman–Crippen MR) is 85.7 cm³/mol. The molecule has 0 aliphatic rings. The zero-order valence-electron chi connectivity index (χ0n) is 11.0. The summed E-state index contributed by atoms with van der Waals surface area (Å²) in [7, 11) is 0. The van der Waals surface area contributed by atoms with Crippen molar-refractivity contribution >= 4 is 46.4 Å². The summed E-state index contributed by atoms with van der Waals surface area (Å²) in [5.41, 5.74) is 0.218. The molecule has 0 saturated carbocycles. The van der Waals surface area contributed by atoms with Crippen molar-refractivity contribution in [1.82, 2.24) is 5.32 Å². The van der Waals surface area contributed by atoms with Crippen molar-refractivity contribution in [2.24, 2.45) is 0 Å². The van der Waals surface area contributed by atoms with Gasteiger partial charge in [0.2, 0.25) is 0 Å². The first-order chi connectivity index (χ1) is 10.4. The molecule has 0 spiro atoms. The van der Waals surface area contributed by atoms with Gasteiger partial charge in [0.1, 0.15) is 5.56 Å². The normalized spacial score (nSPS) is 10.3. The molecular formula is C14H9Cl3N2O3. The fourth-order valence-electron chi connectivity index (χ4n) is 1.79. The Bertz CT molecular complexity index is 750. The molecule has 2 rings (SSSR count). The average Bonchev–Trinajstić information content (AvgIpc) is 2.45. The Morgan fingerprint density at radius 3 is 2.36 bits per heavy atom. The molecule has 0 radical (unpaired) electrons. The van der Waals surface area contributed by atoms with Gasteiger partial charge in [-0.05, 0) is 29.8 Å². The number of halogens is 3. The molecule has 0 aliphatic heterocycles. The highest BCUT2D eigenvalue weighted by Crippen LogP contribution is 2.24. The fourth-order valence-corrected chi connectivity index (χ4v) is 2.43. The van der Waals surface area contributed by atoms with E-state index in [4.69, 9.17) is 34.8 Å². The van der Waals surface area contributed by atoms with Crippen LogP contribution in [0.25, 0.3) is 0 Å². The van der Waals surface area contributed by atoms with E-state index in [0.717, 1.165) is 0 Å². The molecule has 0 bridgehead atoms. The van der Waals surface area contributed by atoms with E-state index in [1.54, 1.807) is 18.2 Å². The molecule has 0 heterocycles. The molecule has 0 saturated heterocycles. The summed E-state index contributed by atoms with van der Waals surface area (Å²) in [5.74, 6) is -0.611. The van der Waals surface area contributed by atoms with Gasteiger partial charge in [-0.1, -0.05) is 40.9 Å². The third-order valence-corrected chi connectivity index (χ3v) is 3.68. The number of carbonyl (C=O) groups excluding carboxylic acids is 1. The molecule has 114 valence electrons. The van der Waals surface area contributed by atoms with Crippen LogP contribution in [0, 0.1) is 10.1 Å². The van der Waals surface area contributed by atoms with E-state index in [0.29, 0.717) is 15.6 Å². The highest BCUT2D eigenvalue weighted by molar-refractivity contribution is 6.35. The van der Waals surface area contributed by atoms with Crippen molar-refractivity contribution < 1.29 is 9.72 Å². The van der Waals surface area contributed by atoms with Gasteiger partial charge in [0, 0.05) is 27.7 Å². The maximum Gasteiger partial charge on any atom is 0.282 e. The lowest BCUT2D eigenvalue weighted by Crippen LogP contribution is -2.23. The second kappa shape index (κ2) is 6.96. The van der Waals surface area contributed by atoms with E-state index in [1.807, 2.05) is 0 Å². The van der Waals surface area contributed by atoms with Crippen LogP contribution in [0.1, 0.15) is 15.9 Å². The molecule has 2 aromatic carbocycles. The van der Waals surface area contributed by atoms with Gasteiger partial charge >= 0.3 is 0 Å². The minimum atomic E-state index is -0.638. The van der Waals surface area contributed by atoms with Crippen LogP contribution in [0.3, 0.4) is 0 Å². The van der Waals surface area contributed by atoms with Gasteiger partial charge in [-0.15, -0.1) is 0 Å². The molecule has 1 N–H and O–H groups in total. The second-order valence-corrected chi connectivity index (χ2v) is 5.62. The molecule has 8 heteroatoms. The molecule has 0 aliphatic carbocycles. The maximum absolute atomic E-state index is 12.1. The van der Waals surface area contributed by atoms with E-state index in [2.05, 4.69) is 5.32 Å². The number of nitrogens with one attached hydrogen (secondary N) is 1. The Morgan fingerprint density at radius 1 is 1.09 bits per heavy atom. The second-order valence-electron chi connectivity index (χ2n) is 4.34. The number of amides is 1. The summed E-state index contributed by atoms with van der Waals surface area (Å²) < 4.78 is 0. The number of nitro benzene ring substituents is 1. The Morgan fingerprint density at radius 2 is 1.73 bits per heavy atom. The van der Waals surface area contributed by atoms with Crippen LogP contribution >= 0.6 is 34.8 Å². The van der Waals surface area contributed by atoms with Crippen LogP contribution in [0.4, 0.5) is 5.69 Å². The van der Waals surface area contributed by atoms with Gasteiger partial charge in [-0.3, -0.25) is 14.9 Å². The van der Waals surface area contributed by atoms with Gasteiger partial charge in [0.25, 0.3) is 11.6 Å². The largest absolute Gasteiger partial charge is 0.348 e. The summed E-state index contributed by atoms with van der Waals surface area (Å²) in [4.78, 5) is 22.4. The topological polar surface area (TPSA) is 72.2 Å². The standard InChI is InChI=1S/C14H9Cl3N2O3/c15-9-3-4-13(19(21)22)11(5-9)14(20)18-7-8-1-2-10(16)6-12(8)17/h1-6H,7H2,(H,18,20). The Hall–Kier alpha value is -1.82. The van der Waals surface area contributed by atoms with Crippen LogP contribution in [-0.4, -0.2) is 10.8 Å². The lowest BCUT2D eigenvalue weighted by Gasteiger charge is -2.08. The van der Waals surface area contributed by atoms with Gasteiger partial charge in [-0.25, -0.2) is 0 Å². The van der Waals surface area contributed by atoms with Crippen molar-refractivity contribution in [2.75, 3.05) is 0 Å². The monoisotopic (exact) mass is 358 g/mol. The molecule has 1 amide bonds. The highest BCUT2D eigenvalue weighted by atomic mass is 35.5. The summed E-state index contributed by atoms with van der Waals surface area (Å²) >= 11 is 17.6. The lowest BCUT2D eigenvalue weighted by molar-refractivity contribution is -0.385. The van der Waals surface area contributed by atoms with Crippen molar-refractivity contribution in [3.05, 3.63) is 72.7 Å². The minimum absolute atomic E-state index is 0.109. The lowest BCUT2D eigenvalue weighted by atomic mass is 10.1. The molecular weight excluding hydrogens is 351 g/mol. The van der Waals surface area contributed by atoms with E-state index in [-0.39, 0.29) is 22.8 Å². The summed E-state index contributed by atoms with van der Waals surface area (Å²) in [6, 6.07) is 8.64. The maximum atomic E-state index is 12.1. The van der Waals surface area contributed by atoms with Crippen LogP contribution in [-0.2, 0) is 6.54 Å². The average molecular weight is 360 g/mol. The molecule has 22 heavy (non-hydrogen) atoms. The van der Waals surface area contributed by atoms with Crippen molar-refractivity contribution in [1.29, 1.82) is 0 Å². The van der Waals surface area contributed by atoms with Crippen LogP contribution in [0.15, 0.2) is 36.4 Å². The third kappa shape index (κ3) is 3.88. The van der Waals surface area contributed by atoms with Gasteiger partial charge in [0.05, 0.1) is 4.92 Å². The van der Waals surface area contributed by atoms with Crippen LogP contribution in [0.5, 0.6) is 0 Å². The number of hydrogen-bond acceptors (Lipinski definition) is 3. The molecule has 0 atom stereocenters. The molecule has 0 aromatic heterocycles. The Balaban J connectivity index is 2.19. The van der Waals surface area contributed by atoms with E-state index < -0.39 is 10.8 Å². The van der Waals surface area contributed by atoms with E-state index >= 15 is 0 Å². The quantitative estimate of drug-likeness (QED) is 0.646. The molecule has 5 nitrogen and oxygen atoms in total. The van der Waals surface area contributed by atoms with Gasteiger partial charge in [-0.2, -0.15) is 0 Å². The van der Waals surface area contributed by atoms with Crippen LogP contribution < -0.4 is 5.32 Å². The van der Waals surface area contributed by atoms with Gasteiger partial charge < -0.3 is 5.32 Å². The zero-order chi connectivity index (χ0) is 16.3. The molecule has 2 aromatic rings. The Kier molecular flexibility index (Phi) is 5.24. The van der Waals surface area contributed by atoms with Crippen LogP contribution in [0.2, 0.25) is 15.1 Å². The first kappa shape index (κ1) is 16.5. The van der Waals surface area contributed by atoms with Crippen molar-refractivity contribution in [3.63, 3.8) is 0 Å². The van der Waals surface area contributed by atoms with E-state index in [9.17, 15) is 14.9 Å². The summed E-state index contributed by atoms with van der Waals surface area (Å²) in [6.45, 7) is 0.110. The molecule has 0 fully saturated rings. The van der Waals surface area contributed by atoms with Gasteiger partial charge in [0.15, 0.2) is 0 Å². The minimum Gasteiger partial charge on any atom is -0.348 e. The SMILES string of the molecule is O=C(NCc1ccc(Cl)cc1Cl)c1cc(Cl)ccc1[N+](=O)[O-]. The number of nitro groups is 1. The number of nitrogens with zero attached hydrogens (tertiary/aromatic N) is 1. The fraction of sp³-hybridized carbons (Fsp3) is 0.0714. The van der Waals surface area contributed by atoms with E-state index in [1.165, 1.54) is 18.2 Å². The van der Waals surface area contributed by atoms with Crippen molar-refractivity contribution in [3.8, 4) is 0 Å². The first-order valence-electron chi connectivity index (χ1n) is 6.04. The van der Waals surface area contributed by atoms with Crippen molar-refractivity contribution in [2.45, 2.75) is 6.54 Å². The Labute approximate surface area is 140 Å².